The number of halogens is 1. The SMILES string of the molecule is C.NC(=N/C(=C\CI)c1ccccc1)n1c2ccccc2c2ccc3c4ccc5c6ccc7c8ccccc8n(-c8nc(-c9ccccc9)nc(-c9ccccc9)n8)c7c6n(-c6ccccc6)c5c4n(-c4ccccc4)c3c21. The van der Waals surface area contributed by atoms with E-state index in [1.807, 2.05) is 54.6 Å². The molecule has 10 heteroatoms. The first kappa shape index (κ1) is 46.8. The molecule has 15 rings (SSSR count). The standard InChI is InChI=1S/C67H44IN9.CH4/c68-41-40-55(42-20-6-1-7-21-42)70-66(69)76-56-32-18-16-30-47(56)49-34-36-53-51-38-39-52-54-37-35-50-48-31-17-19-33-57(48)77(67-72-64(43-22-8-2-9-23-43)71-65(73-67)44-24-10-3-11-25-44)63(50)61(54)75(46-28-14-5-15-29-46)59(52)58(51)74(60(53)62(49)76)45-26-12-4-13-27-45;/h1-40H,41H2,(H2,69,70);1H4/b55-40-;. The Morgan fingerprint density at radius 1 is 0.397 bits per heavy atom. The summed E-state index contributed by atoms with van der Waals surface area (Å²) in [6.07, 6.45) is 2.13. The molecule has 0 aliphatic rings. The van der Waals surface area contributed by atoms with Crippen LogP contribution in [0.4, 0.5) is 0 Å². The highest BCUT2D eigenvalue weighted by Crippen LogP contribution is 2.47. The Bertz CT molecular complexity index is 4820. The van der Waals surface area contributed by atoms with E-state index in [1.165, 1.54) is 0 Å². The third kappa shape index (κ3) is 7.20. The second-order valence-corrected chi connectivity index (χ2v) is 20.1. The summed E-state index contributed by atoms with van der Waals surface area (Å²) in [5.41, 5.74) is 21.2. The topological polar surface area (TPSA) is 96.8 Å². The molecule has 10 aromatic carbocycles. The van der Waals surface area contributed by atoms with Crippen molar-refractivity contribution in [3.05, 3.63) is 248 Å². The zero-order chi connectivity index (χ0) is 51.1. The molecule has 0 spiro atoms. The normalized spacial score (nSPS) is 12.3. The summed E-state index contributed by atoms with van der Waals surface area (Å²) in [6, 6.07) is 83.0. The number of nitrogens with zero attached hydrogens (tertiary/aromatic N) is 8. The average Bonchev–Trinajstić information content (AvgIpc) is 4.40. The van der Waals surface area contributed by atoms with Crippen molar-refractivity contribution in [1.82, 2.24) is 33.2 Å². The molecule has 0 aliphatic carbocycles. The van der Waals surface area contributed by atoms with E-state index in [0.717, 1.165) is 125 Å². The smallest absolute Gasteiger partial charge is 0.238 e. The van der Waals surface area contributed by atoms with Crippen LogP contribution in [-0.2, 0) is 0 Å². The van der Waals surface area contributed by atoms with Gasteiger partial charge >= 0.3 is 0 Å². The predicted octanol–water partition coefficient (Wildman–Crippen LogP) is 16.9. The summed E-state index contributed by atoms with van der Waals surface area (Å²) < 4.78 is 10.1. The molecule has 9 nitrogen and oxygen atoms in total. The number of rotatable bonds is 8. The van der Waals surface area contributed by atoms with Gasteiger partial charge < -0.3 is 14.9 Å². The molecule has 0 saturated heterocycles. The van der Waals surface area contributed by atoms with Gasteiger partial charge in [0.15, 0.2) is 11.6 Å². The van der Waals surface area contributed by atoms with Crippen molar-refractivity contribution in [1.29, 1.82) is 0 Å². The predicted molar refractivity (Wildman–Crippen MR) is 334 cm³/mol. The fourth-order valence-corrected chi connectivity index (χ4v) is 12.2. The number of benzene rings is 10. The number of aromatic nitrogens is 7. The highest BCUT2D eigenvalue weighted by molar-refractivity contribution is 14.1. The van der Waals surface area contributed by atoms with E-state index in [1.54, 1.807) is 0 Å². The summed E-state index contributed by atoms with van der Waals surface area (Å²) in [7, 11) is 0. The molecule has 5 heterocycles. The zero-order valence-corrected chi connectivity index (χ0v) is 43.5. The molecule has 78 heavy (non-hydrogen) atoms. The number of allylic oxidation sites excluding steroid dienone is 1. The highest BCUT2D eigenvalue weighted by atomic mass is 127. The number of nitrogens with two attached hydrogens (primary N) is 1. The fraction of sp³-hybridized carbons (Fsp3) is 0.0294. The molecule has 0 radical (unpaired) electrons. The Labute approximate surface area is 462 Å². The van der Waals surface area contributed by atoms with Gasteiger partial charge in [0.25, 0.3) is 0 Å². The molecular weight excluding hydrogens is 1070 g/mol. The van der Waals surface area contributed by atoms with Crippen molar-refractivity contribution in [2.45, 2.75) is 7.43 Å². The summed E-state index contributed by atoms with van der Waals surface area (Å²) in [4.78, 5) is 21.2. The Balaban J connectivity index is 0.00000552. The Morgan fingerprint density at radius 3 is 1.26 bits per heavy atom. The van der Waals surface area contributed by atoms with Crippen LogP contribution in [0.1, 0.15) is 13.0 Å². The zero-order valence-electron chi connectivity index (χ0n) is 41.3. The Hall–Kier alpha value is -9.65. The van der Waals surface area contributed by atoms with Crippen LogP contribution in [0.15, 0.2) is 248 Å². The van der Waals surface area contributed by atoms with Gasteiger partial charge in [0, 0.05) is 70.0 Å². The maximum atomic E-state index is 7.43. The number of hydrogen-bond acceptors (Lipinski definition) is 4. The number of fused-ring (bicyclic) bond motifs is 15. The molecule has 2 N–H and O–H groups in total. The second kappa shape index (κ2) is 18.9. The van der Waals surface area contributed by atoms with Crippen molar-refractivity contribution in [2.75, 3.05) is 4.43 Å². The van der Waals surface area contributed by atoms with Gasteiger partial charge in [-0.25, -0.2) is 9.98 Å². The molecule has 0 saturated carbocycles. The maximum absolute atomic E-state index is 7.43. The van der Waals surface area contributed by atoms with Crippen LogP contribution in [0.5, 0.6) is 0 Å². The van der Waals surface area contributed by atoms with E-state index in [9.17, 15) is 0 Å². The van der Waals surface area contributed by atoms with Crippen molar-refractivity contribution in [3.8, 4) is 40.1 Å². The fourth-order valence-electron chi connectivity index (χ4n) is 11.8. The van der Waals surface area contributed by atoms with Crippen LogP contribution in [0.2, 0.25) is 0 Å². The Kier molecular flexibility index (Phi) is 11.3. The molecule has 0 amide bonds. The molecule has 0 aliphatic heterocycles. The minimum Gasteiger partial charge on any atom is -0.369 e. The Morgan fingerprint density at radius 2 is 0.769 bits per heavy atom. The molecule has 0 bridgehead atoms. The van der Waals surface area contributed by atoms with E-state index >= 15 is 0 Å². The second-order valence-electron chi connectivity index (χ2n) is 19.2. The van der Waals surface area contributed by atoms with E-state index in [0.29, 0.717) is 23.6 Å². The van der Waals surface area contributed by atoms with Crippen molar-refractivity contribution < 1.29 is 0 Å². The number of hydrogen-bond donors (Lipinski definition) is 1. The van der Waals surface area contributed by atoms with E-state index < -0.39 is 0 Å². The number of aliphatic imine (C=N–C) groups is 1. The summed E-state index contributed by atoms with van der Waals surface area (Å²) in [5.74, 6) is 2.11. The lowest BCUT2D eigenvalue weighted by Crippen LogP contribution is -2.22. The highest BCUT2D eigenvalue weighted by Gasteiger charge is 2.28. The molecular formula is C68H48IN9. The van der Waals surface area contributed by atoms with Crippen molar-refractivity contribution in [3.63, 3.8) is 0 Å². The van der Waals surface area contributed by atoms with Crippen LogP contribution < -0.4 is 5.73 Å². The van der Waals surface area contributed by atoms with Gasteiger partial charge in [0.05, 0.1) is 49.8 Å². The van der Waals surface area contributed by atoms with E-state index in [-0.39, 0.29) is 7.43 Å². The molecule has 0 unspecified atom stereocenters. The van der Waals surface area contributed by atoms with E-state index in [2.05, 4.69) is 229 Å². The van der Waals surface area contributed by atoms with Crippen LogP contribution in [0.25, 0.3) is 133 Å². The van der Waals surface area contributed by atoms with Crippen LogP contribution in [0.3, 0.4) is 0 Å². The van der Waals surface area contributed by atoms with Gasteiger partial charge in [-0.15, -0.1) is 0 Å². The first-order valence-electron chi connectivity index (χ1n) is 25.7. The van der Waals surface area contributed by atoms with Crippen molar-refractivity contribution >= 4 is 121 Å². The monoisotopic (exact) mass is 1120 g/mol. The molecule has 0 atom stereocenters. The van der Waals surface area contributed by atoms with Gasteiger partial charge in [0.2, 0.25) is 11.9 Å². The number of para-hydroxylation sites is 4. The summed E-state index contributed by atoms with van der Waals surface area (Å²) in [6.45, 7) is 0. The van der Waals surface area contributed by atoms with Gasteiger partial charge in [-0.3, -0.25) is 9.13 Å². The third-order valence-corrected chi connectivity index (χ3v) is 15.4. The lowest BCUT2D eigenvalue weighted by atomic mass is 10.1. The van der Waals surface area contributed by atoms with Crippen molar-refractivity contribution in [2.24, 2.45) is 10.7 Å². The maximum Gasteiger partial charge on any atom is 0.238 e. The first-order chi connectivity index (χ1) is 38.1. The minimum absolute atomic E-state index is 0. The van der Waals surface area contributed by atoms with Gasteiger partial charge in [-0.05, 0) is 48.0 Å². The minimum atomic E-state index is 0. The summed E-state index contributed by atoms with van der Waals surface area (Å²) in [5, 5.41) is 8.76. The quantitative estimate of drug-likeness (QED) is 0.0709. The molecule has 0 fully saturated rings. The van der Waals surface area contributed by atoms with Crippen LogP contribution in [0, 0.1) is 0 Å². The molecule has 15 aromatic rings. The summed E-state index contributed by atoms with van der Waals surface area (Å²) >= 11 is 2.38. The largest absolute Gasteiger partial charge is 0.369 e. The lowest BCUT2D eigenvalue weighted by molar-refractivity contribution is 0.953. The van der Waals surface area contributed by atoms with Gasteiger partial charge in [0.1, 0.15) is 0 Å². The molecule has 372 valence electrons. The van der Waals surface area contributed by atoms with Crippen LogP contribution in [-0.4, -0.2) is 43.6 Å². The van der Waals surface area contributed by atoms with Crippen LogP contribution >= 0.6 is 22.6 Å². The van der Waals surface area contributed by atoms with E-state index in [4.69, 9.17) is 25.7 Å². The van der Waals surface area contributed by atoms with Gasteiger partial charge in [-0.2, -0.15) is 9.97 Å². The van der Waals surface area contributed by atoms with Gasteiger partial charge in [-0.1, -0.05) is 230 Å². The average molecular weight is 1120 g/mol. The molecule has 5 aromatic heterocycles. The lowest BCUT2D eigenvalue weighted by Gasteiger charge is -2.15. The third-order valence-electron chi connectivity index (χ3n) is 15.0. The first-order valence-corrected chi connectivity index (χ1v) is 27.2. The number of alkyl halides is 1.